The number of carbonyl (C=O) groups is 1. The van der Waals surface area contributed by atoms with Gasteiger partial charge in [-0.2, -0.15) is 4.73 Å². The summed E-state index contributed by atoms with van der Waals surface area (Å²) in [6.45, 7) is 9.25. The maximum absolute atomic E-state index is 12.8. The van der Waals surface area contributed by atoms with Crippen LogP contribution in [0.2, 0.25) is 0 Å². The third-order valence-electron chi connectivity index (χ3n) is 6.57. The predicted octanol–water partition coefficient (Wildman–Crippen LogP) is 3.57. The van der Waals surface area contributed by atoms with Crippen LogP contribution in [0.5, 0.6) is 0 Å². The number of aromatic nitrogens is 1. The maximum Gasteiger partial charge on any atom is 0.254 e. The number of likely N-dealkylation sites (tertiary alicyclic amines) is 2. The van der Waals surface area contributed by atoms with E-state index in [9.17, 15) is 10.0 Å². The molecule has 3 heterocycles. The van der Waals surface area contributed by atoms with Crippen LogP contribution >= 0.6 is 0 Å². The van der Waals surface area contributed by atoms with Crippen molar-refractivity contribution >= 4 is 5.91 Å². The summed E-state index contributed by atoms with van der Waals surface area (Å²) in [7, 11) is 0. The van der Waals surface area contributed by atoms with Crippen molar-refractivity contribution in [2.75, 3.05) is 26.2 Å². The van der Waals surface area contributed by atoms with Crippen LogP contribution in [0.15, 0.2) is 48.8 Å². The predicted molar refractivity (Wildman–Crippen MR) is 113 cm³/mol. The molecule has 1 spiro atoms. The topological polar surface area (TPSA) is 50.5 Å². The van der Waals surface area contributed by atoms with Crippen LogP contribution in [-0.2, 0) is 6.54 Å². The summed E-state index contributed by atoms with van der Waals surface area (Å²) < 4.78 is 0.717. The molecule has 4 rings (SSSR count). The number of nitrogens with zero attached hydrogens (tertiary/aromatic N) is 3. The molecule has 0 aliphatic carbocycles. The lowest BCUT2D eigenvalue weighted by molar-refractivity contribution is -0.605. The number of hydrogen-bond donors (Lipinski definition) is 0. The van der Waals surface area contributed by atoms with E-state index >= 15 is 0 Å². The molecule has 1 aromatic heterocycles. The van der Waals surface area contributed by atoms with E-state index < -0.39 is 0 Å². The second kappa shape index (κ2) is 8.15. The summed E-state index contributed by atoms with van der Waals surface area (Å²) in [5, 5.41) is 11.2. The molecule has 2 aliphatic heterocycles. The standard InChI is InChI=1S/C24H31N3O2/c1-19(2)21-6-4-20(5-7-21)16-25-12-3-10-24(17-25)11-15-26(18-24)23(28)22-8-13-27(29)14-9-22/h4-9,13-14,19H,3,10-12,15-18H2,1-2H3. The van der Waals surface area contributed by atoms with Crippen molar-refractivity contribution in [3.8, 4) is 0 Å². The molecule has 1 amide bonds. The molecule has 1 unspecified atom stereocenters. The molecule has 5 heteroatoms. The van der Waals surface area contributed by atoms with Gasteiger partial charge in [-0.05, 0) is 42.9 Å². The molecule has 0 radical (unpaired) electrons. The third-order valence-corrected chi connectivity index (χ3v) is 6.57. The number of carbonyl (C=O) groups excluding carboxylic acids is 1. The fraction of sp³-hybridized carbons (Fsp3) is 0.500. The largest absolute Gasteiger partial charge is 0.619 e. The Bertz CT molecular complexity index is 847. The first kappa shape index (κ1) is 19.9. The van der Waals surface area contributed by atoms with E-state index in [1.165, 1.54) is 36.4 Å². The highest BCUT2D eigenvalue weighted by Gasteiger charge is 2.42. The minimum Gasteiger partial charge on any atom is -0.619 e. The summed E-state index contributed by atoms with van der Waals surface area (Å²) >= 11 is 0. The van der Waals surface area contributed by atoms with Crippen molar-refractivity contribution in [2.24, 2.45) is 5.41 Å². The minimum atomic E-state index is 0.0453. The Balaban J connectivity index is 1.39. The molecule has 0 N–H and O–H groups in total. The summed E-state index contributed by atoms with van der Waals surface area (Å²) in [6.07, 6.45) is 6.23. The van der Waals surface area contributed by atoms with Crippen molar-refractivity contribution in [1.82, 2.24) is 9.80 Å². The third kappa shape index (κ3) is 4.45. The maximum atomic E-state index is 12.8. The Morgan fingerprint density at radius 3 is 2.48 bits per heavy atom. The molecule has 154 valence electrons. The van der Waals surface area contributed by atoms with Gasteiger partial charge in [-0.25, -0.2) is 0 Å². The number of rotatable bonds is 4. The number of benzene rings is 1. The van der Waals surface area contributed by atoms with Crippen LogP contribution in [0.4, 0.5) is 0 Å². The summed E-state index contributed by atoms with van der Waals surface area (Å²) in [4.78, 5) is 17.4. The highest BCUT2D eigenvalue weighted by molar-refractivity contribution is 5.94. The molecule has 5 nitrogen and oxygen atoms in total. The van der Waals surface area contributed by atoms with Gasteiger partial charge in [0.1, 0.15) is 0 Å². The zero-order chi connectivity index (χ0) is 20.4. The molecule has 2 aromatic rings. The summed E-state index contributed by atoms with van der Waals surface area (Å²) in [5.41, 5.74) is 3.57. The van der Waals surface area contributed by atoms with Gasteiger partial charge in [-0.1, -0.05) is 38.1 Å². The van der Waals surface area contributed by atoms with Gasteiger partial charge in [0, 0.05) is 43.7 Å². The molecule has 2 aliphatic rings. The number of pyridine rings is 1. The van der Waals surface area contributed by atoms with Crippen molar-refractivity contribution in [1.29, 1.82) is 0 Å². The SMILES string of the molecule is CC(C)c1ccc(CN2CCCC3(CCN(C(=O)c4cc[n+]([O-])cc4)C3)C2)cc1. The first-order valence-corrected chi connectivity index (χ1v) is 10.7. The van der Waals surface area contributed by atoms with Crippen LogP contribution in [0.25, 0.3) is 0 Å². The second-order valence-electron chi connectivity index (χ2n) is 9.13. The van der Waals surface area contributed by atoms with Gasteiger partial charge in [0.15, 0.2) is 12.4 Å². The van der Waals surface area contributed by atoms with Gasteiger partial charge >= 0.3 is 0 Å². The zero-order valence-corrected chi connectivity index (χ0v) is 17.5. The van der Waals surface area contributed by atoms with Crippen LogP contribution in [0.3, 0.4) is 0 Å². The van der Waals surface area contributed by atoms with E-state index in [-0.39, 0.29) is 11.3 Å². The highest BCUT2D eigenvalue weighted by atomic mass is 16.5. The zero-order valence-electron chi connectivity index (χ0n) is 17.5. The molecule has 0 bridgehead atoms. The van der Waals surface area contributed by atoms with Gasteiger partial charge in [-0.3, -0.25) is 9.69 Å². The highest BCUT2D eigenvalue weighted by Crippen LogP contribution is 2.39. The van der Waals surface area contributed by atoms with Gasteiger partial charge < -0.3 is 10.1 Å². The quantitative estimate of drug-likeness (QED) is 0.589. The molecule has 2 fully saturated rings. The minimum absolute atomic E-state index is 0.0453. The van der Waals surface area contributed by atoms with Gasteiger partial charge in [-0.15, -0.1) is 0 Å². The Morgan fingerprint density at radius 2 is 1.79 bits per heavy atom. The van der Waals surface area contributed by atoms with Crippen LogP contribution in [0, 0.1) is 10.6 Å². The van der Waals surface area contributed by atoms with Crippen molar-refractivity contribution in [3.63, 3.8) is 0 Å². The summed E-state index contributed by atoms with van der Waals surface area (Å²) in [5.74, 6) is 0.608. The summed E-state index contributed by atoms with van der Waals surface area (Å²) in [6, 6.07) is 12.3. The first-order valence-electron chi connectivity index (χ1n) is 10.7. The van der Waals surface area contributed by atoms with Crippen molar-refractivity contribution in [2.45, 2.75) is 45.6 Å². The van der Waals surface area contributed by atoms with Crippen LogP contribution < -0.4 is 4.73 Å². The van der Waals surface area contributed by atoms with Crippen LogP contribution in [-0.4, -0.2) is 41.9 Å². The van der Waals surface area contributed by atoms with Crippen molar-refractivity contribution in [3.05, 3.63) is 70.7 Å². The molecule has 1 atom stereocenters. The lowest BCUT2D eigenvalue weighted by Gasteiger charge is -2.40. The van der Waals surface area contributed by atoms with E-state index in [0.29, 0.717) is 11.5 Å². The molecular weight excluding hydrogens is 362 g/mol. The van der Waals surface area contributed by atoms with E-state index in [2.05, 4.69) is 43.0 Å². The normalized spacial score (nSPS) is 22.5. The number of piperidine rings is 1. The van der Waals surface area contributed by atoms with E-state index in [4.69, 9.17) is 0 Å². The molecular formula is C24H31N3O2. The van der Waals surface area contributed by atoms with Crippen molar-refractivity contribution < 1.29 is 9.52 Å². The second-order valence-corrected chi connectivity index (χ2v) is 9.13. The van der Waals surface area contributed by atoms with E-state index in [0.717, 1.165) is 43.9 Å². The number of amides is 1. The first-order chi connectivity index (χ1) is 13.9. The fourth-order valence-electron chi connectivity index (χ4n) is 4.89. The Hall–Kier alpha value is -2.40. The van der Waals surface area contributed by atoms with Gasteiger partial charge in [0.2, 0.25) is 0 Å². The Labute approximate surface area is 173 Å². The number of hydrogen-bond acceptors (Lipinski definition) is 3. The average Bonchev–Trinajstić information content (AvgIpc) is 3.11. The van der Waals surface area contributed by atoms with E-state index in [1.54, 1.807) is 12.1 Å². The van der Waals surface area contributed by atoms with Crippen LogP contribution in [0.1, 0.15) is 60.5 Å². The Kier molecular flexibility index (Phi) is 5.59. The van der Waals surface area contributed by atoms with Gasteiger partial charge in [0.05, 0.1) is 5.56 Å². The molecule has 0 saturated carbocycles. The van der Waals surface area contributed by atoms with E-state index in [1.807, 2.05) is 4.90 Å². The lowest BCUT2D eigenvalue weighted by atomic mass is 9.79. The molecule has 29 heavy (non-hydrogen) atoms. The van der Waals surface area contributed by atoms with Gasteiger partial charge in [0.25, 0.3) is 5.91 Å². The average molecular weight is 394 g/mol. The monoisotopic (exact) mass is 393 g/mol. The Morgan fingerprint density at radius 1 is 1.07 bits per heavy atom. The fourth-order valence-corrected chi connectivity index (χ4v) is 4.89. The molecule has 2 saturated heterocycles. The smallest absolute Gasteiger partial charge is 0.254 e. The molecule has 1 aromatic carbocycles. The lowest BCUT2D eigenvalue weighted by Crippen LogP contribution is -2.45.